The fourth-order valence-electron chi connectivity index (χ4n) is 1.57. The number of hydrogen-bond donors (Lipinski definition) is 2. The van der Waals surface area contributed by atoms with Crippen molar-refractivity contribution in [2.45, 2.75) is 19.0 Å². The highest BCUT2D eigenvalue weighted by atomic mass is 35.5. The van der Waals surface area contributed by atoms with Crippen LogP contribution in [0, 0.1) is 0 Å². The van der Waals surface area contributed by atoms with Crippen LogP contribution in [0.2, 0.25) is 5.02 Å². The van der Waals surface area contributed by atoms with Crippen molar-refractivity contribution in [1.29, 1.82) is 0 Å². The van der Waals surface area contributed by atoms with E-state index in [1.807, 2.05) is 5.32 Å². The number of nitrogens with one attached hydrogen (secondary N) is 2. The SMILES string of the molecule is C=C(CCNC(=O)COc1ccc(Cl)cc1)NC(=O)CC(F)(F)F. The second-order valence-corrected chi connectivity index (χ2v) is 5.22. The van der Waals surface area contributed by atoms with Gasteiger partial charge in [0.2, 0.25) is 5.91 Å². The number of hydrogen-bond acceptors (Lipinski definition) is 3. The summed E-state index contributed by atoms with van der Waals surface area (Å²) >= 11 is 5.71. The Bertz CT molecular complexity index is 589. The summed E-state index contributed by atoms with van der Waals surface area (Å²) in [6.45, 7) is 3.31. The van der Waals surface area contributed by atoms with Gasteiger partial charge in [-0.1, -0.05) is 18.2 Å². The highest BCUT2D eigenvalue weighted by Crippen LogP contribution is 2.19. The fraction of sp³-hybridized carbons (Fsp3) is 0.333. The van der Waals surface area contributed by atoms with E-state index in [1.165, 1.54) is 0 Å². The van der Waals surface area contributed by atoms with Crippen molar-refractivity contribution in [3.05, 3.63) is 41.6 Å². The van der Waals surface area contributed by atoms with E-state index >= 15 is 0 Å². The molecule has 0 atom stereocenters. The number of carbonyl (C=O) groups excluding carboxylic acids is 2. The Labute approximate surface area is 141 Å². The van der Waals surface area contributed by atoms with E-state index in [1.54, 1.807) is 24.3 Å². The number of alkyl halides is 3. The van der Waals surface area contributed by atoms with Gasteiger partial charge in [-0.2, -0.15) is 13.2 Å². The Morgan fingerprint density at radius 2 is 1.79 bits per heavy atom. The molecule has 0 aliphatic heterocycles. The zero-order valence-corrected chi connectivity index (χ0v) is 13.3. The molecule has 1 aromatic rings. The second-order valence-electron chi connectivity index (χ2n) is 4.79. The van der Waals surface area contributed by atoms with Crippen LogP contribution >= 0.6 is 11.6 Å². The normalized spacial score (nSPS) is 10.8. The third-order valence-electron chi connectivity index (χ3n) is 2.61. The summed E-state index contributed by atoms with van der Waals surface area (Å²) in [5.74, 6) is -1.14. The van der Waals surface area contributed by atoms with Crippen molar-refractivity contribution in [2.75, 3.05) is 13.2 Å². The van der Waals surface area contributed by atoms with Crippen LogP contribution in [0.5, 0.6) is 5.75 Å². The summed E-state index contributed by atoms with van der Waals surface area (Å²) in [6.07, 6.45) is -6.04. The number of ether oxygens (including phenoxy) is 1. The van der Waals surface area contributed by atoms with Crippen LogP contribution in [-0.2, 0) is 9.59 Å². The quantitative estimate of drug-likeness (QED) is 0.745. The van der Waals surface area contributed by atoms with Gasteiger partial charge in [0, 0.05) is 23.7 Å². The lowest BCUT2D eigenvalue weighted by Gasteiger charge is -2.11. The van der Waals surface area contributed by atoms with Gasteiger partial charge < -0.3 is 15.4 Å². The van der Waals surface area contributed by atoms with Gasteiger partial charge in [0.05, 0.1) is 0 Å². The molecule has 1 aromatic carbocycles. The maximum absolute atomic E-state index is 12.0. The van der Waals surface area contributed by atoms with E-state index in [0.717, 1.165) is 0 Å². The summed E-state index contributed by atoms with van der Waals surface area (Å²) < 4.78 is 41.2. The molecule has 5 nitrogen and oxygen atoms in total. The largest absolute Gasteiger partial charge is 0.484 e. The zero-order chi connectivity index (χ0) is 18.2. The lowest BCUT2D eigenvalue weighted by molar-refractivity contribution is -0.153. The number of rotatable bonds is 8. The first-order chi connectivity index (χ1) is 11.2. The Hall–Kier alpha value is -2.22. The van der Waals surface area contributed by atoms with Crippen molar-refractivity contribution in [2.24, 2.45) is 0 Å². The molecule has 0 fully saturated rings. The topological polar surface area (TPSA) is 67.4 Å². The first-order valence-corrected chi connectivity index (χ1v) is 7.23. The van der Waals surface area contributed by atoms with Crippen LogP contribution < -0.4 is 15.4 Å². The summed E-state index contributed by atoms with van der Waals surface area (Å²) in [6, 6.07) is 6.44. The van der Waals surface area contributed by atoms with Gasteiger partial charge in [-0.05, 0) is 24.3 Å². The predicted octanol–water partition coefficient (Wildman–Crippen LogP) is 2.81. The number of amides is 2. The van der Waals surface area contributed by atoms with Crippen LogP contribution in [0.25, 0.3) is 0 Å². The molecule has 132 valence electrons. The molecule has 0 heterocycles. The van der Waals surface area contributed by atoms with E-state index in [-0.39, 0.29) is 25.3 Å². The lowest BCUT2D eigenvalue weighted by Crippen LogP contribution is -2.32. The number of halogens is 4. The summed E-state index contributed by atoms with van der Waals surface area (Å²) in [5, 5.41) is 5.06. The van der Waals surface area contributed by atoms with Crippen molar-refractivity contribution in [3.8, 4) is 5.75 Å². The molecule has 0 aliphatic rings. The summed E-state index contributed by atoms with van der Waals surface area (Å²) in [7, 11) is 0. The Morgan fingerprint density at radius 1 is 1.17 bits per heavy atom. The molecular weight excluding hydrogens is 349 g/mol. The Kier molecular flexibility index (Phi) is 7.57. The fourth-order valence-corrected chi connectivity index (χ4v) is 1.70. The molecule has 1 rings (SSSR count). The predicted molar refractivity (Wildman–Crippen MR) is 82.5 cm³/mol. The van der Waals surface area contributed by atoms with E-state index < -0.39 is 24.4 Å². The van der Waals surface area contributed by atoms with Crippen LogP contribution in [0.4, 0.5) is 13.2 Å². The molecule has 0 aliphatic carbocycles. The second kappa shape index (κ2) is 9.17. The molecule has 0 aromatic heterocycles. The molecule has 2 amide bonds. The average molecular weight is 365 g/mol. The Balaban J connectivity index is 2.19. The number of benzene rings is 1. The Morgan fingerprint density at radius 3 is 2.38 bits per heavy atom. The van der Waals surface area contributed by atoms with Gasteiger partial charge in [0.1, 0.15) is 12.2 Å². The summed E-state index contributed by atoms with van der Waals surface area (Å²) in [5.41, 5.74) is 0.0863. The van der Waals surface area contributed by atoms with Gasteiger partial charge in [-0.15, -0.1) is 0 Å². The summed E-state index contributed by atoms with van der Waals surface area (Å²) in [4.78, 5) is 22.6. The minimum Gasteiger partial charge on any atom is -0.484 e. The van der Waals surface area contributed by atoms with Crippen LogP contribution in [0.1, 0.15) is 12.8 Å². The van der Waals surface area contributed by atoms with E-state index in [4.69, 9.17) is 16.3 Å². The first-order valence-electron chi connectivity index (χ1n) is 6.85. The minimum absolute atomic E-state index is 0.0863. The molecule has 9 heteroatoms. The maximum atomic E-state index is 12.0. The highest BCUT2D eigenvalue weighted by Gasteiger charge is 2.31. The maximum Gasteiger partial charge on any atom is 0.397 e. The van der Waals surface area contributed by atoms with Gasteiger partial charge in [0.25, 0.3) is 5.91 Å². The molecule has 2 N–H and O–H groups in total. The smallest absolute Gasteiger partial charge is 0.397 e. The molecule has 0 saturated carbocycles. The number of carbonyl (C=O) groups is 2. The molecule has 0 unspecified atom stereocenters. The average Bonchev–Trinajstić information content (AvgIpc) is 2.44. The molecule has 24 heavy (non-hydrogen) atoms. The van der Waals surface area contributed by atoms with Crippen LogP contribution in [0.15, 0.2) is 36.5 Å². The third kappa shape index (κ3) is 9.04. The lowest BCUT2D eigenvalue weighted by atomic mass is 10.3. The first kappa shape index (κ1) is 19.8. The van der Waals surface area contributed by atoms with Crippen LogP contribution in [0.3, 0.4) is 0 Å². The van der Waals surface area contributed by atoms with Crippen molar-refractivity contribution in [3.63, 3.8) is 0 Å². The third-order valence-corrected chi connectivity index (χ3v) is 2.86. The van der Waals surface area contributed by atoms with Crippen LogP contribution in [-0.4, -0.2) is 31.1 Å². The molecule has 0 radical (unpaired) electrons. The monoisotopic (exact) mass is 364 g/mol. The van der Waals surface area contributed by atoms with Crippen molar-refractivity contribution in [1.82, 2.24) is 10.6 Å². The molecule has 0 spiro atoms. The van der Waals surface area contributed by atoms with E-state index in [0.29, 0.717) is 10.8 Å². The zero-order valence-electron chi connectivity index (χ0n) is 12.6. The molecular formula is C15H16ClF3N2O3. The highest BCUT2D eigenvalue weighted by molar-refractivity contribution is 6.30. The van der Waals surface area contributed by atoms with Crippen molar-refractivity contribution < 1.29 is 27.5 Å². The molecule has 0 saturated heterocycles. The van der Waals surface area contributed by atoms with E-state index in [2.05, 4.69) is 11.9 Å². The standard InChI is InChI=1S/C15H16ClF3N2O3/c1-10(21-13(22)8-15(17,18)19)6-7-20-14(23)9-24-12-4-2-11(16)3-5-12/h2-5H,1,6-9H2,(H,20,23)(H,21,22). The minimum atomic E-state index is -4.57. The van der Waals surface area contributed by atoms with E-state index in [9.17, 15) is 22.8 Å². The van der Waals surface area contributed by atoms with Gasteiger partial charge in [-0.3, -0.25) is 9.59 Å². The molecule has 0 bridgehead atoms. The van der Waals surface area contributed by atoms with Gasteiger partial charge >= 0.3 is 6.18 Å². The van der Waals surface area contributed by atoms with Gasteiger partial charge in [-0.25, -0.2) is 0 Å². The van der Waals surface area contributed by atoms with Gasteiger partial charge in [0.15, 0.2) is 6.61 Å². The van der Waals surface area contributed by atoms with Crippen molar-refractivity contribution >= 4 is 23.4 Å².